The maximum atomic E-state index is 13.3. The highest BCUT2D eigenvalue weighted by atomic mass is 32.2. The van der Waals surface area contributed by atoms with Crippen LogP contribution in [0.2, 0.25) is 0 Å². The van der Waals surface area contributed by atoms with Crippen LogP contribution in [-0.2, 0) is 9.59 Å². The molecule has 0 saturated heterocycles. The van der Waals surface area contributed by atoms with Gasteiger partial charge in [0.2, 0.25) is 11.8 Å². The van der Waals surface area contributed by atoms with E-state index < -0.39 is 5.25 Å². The molecule has 1 N–H and O–H groups in total. The molecule has 0 aromatic heterocycles. The zero-order chi connectivity index (χ0) is 21.3. The van der Waals surface area contributed by atoms with Gasteiger partial charge in [-0.2, -0.15) is 0 Å². The number of para-hydroxylation sites is 1. The fraction of sp³-hybridized carbons (Fsp3) is 0.167. The summed E-state index contributed by atoms with van der Waals surface area (Å²) in [6.45, 7) is -0.0137. The molecule has 0 aliphatic heterocycles. The number of amides is 2. The van der Waals surface area contributed by atoms with Crippen LogP contribution in [0.4, 0.5) is 5.69 Å². The van der Waals surface area contributed by atoms with Gasteiger partial charge in [-0.15, -0.1) is 23.5 Å². The highest BCUT2D eigenvalue weighted by molar-refractivity contribution is 8.00. The van der Waals surface area contributed by atoms with E-state index in [1.165, 1.54) is 16.7 Å². The number of benzene rings is 3. The van der Waals surface area contributed by atoms with E-state index in [4.69, 9.17) is 0 Å². The summed E-state index contributed by atoms with van der Waals surface area (Å²) in [6.07, 6.45) is 1.96. The van der Waals surface area contributed by atoms with Crippen molar-refractivity contribution in [2.75, 3.05) is 25.2 Å². The van der Waals surface area contributed by atoms with Crippen molar-refractivity contribution in [3.8, 4) is 0 Å². The second-order valence-electron chi connectivity index (χ2n) is 6.66. The molecule has 0 spiro atoms. The lowest BCUT2D eigenvalue weighted by molar-refractivity contribution is -0.132. The Labute approximate surface area is 186 Å². The summed E-state index contributed by atoms with van der Waals surface area (Å²) in [7, 11) is 1.67. The summed E-state index contributed by atoms with van der Waals surface area (Å²) in [5.41, 5.74) is 1.67. The van der Waals surface area contributed by atoms with Gasteiger partial charge in [-0.05, 0) is 36.1 Å². The monoisotopic (exact) mass is 436 g/mol. The van der Waals surface area contributed by atoms with E-state index in [9.17, 15) is 9.59 Å². The first-order valence-corrected chi connectivity index (χ1v) is 11.6. The van der Waals surface area contributed by atoms with Crippen molar-refractivity contribution in [2.45, 2.75) is 15.0 Å². The average molecular weight is 437 g/mol. The Hall–Kier alpha value is -2.70. The molecule has 0 aliphatic carbocycles. The van der Waals surface area contributed by atoms with Gasteiger partial charge in [0, 0.05) is 16.8 Å². The van der Waals surface area contributed by atoms with Crippen molar-refractivity contribution in [1.82, 2.24) is 4.90 Å². The summed E-state index contributed by atoms with van der Waals surface area (Å²) in [4.78, 5) is 29.4. The molecule has 4 nitrogen and oxygen atoms in total. The number of hydrogen-bond acceptors (Lipinski definition) is 4. The molecule has 2 amide bonds. The standard InChI is InChI=1S/C24H24N2O2S2/c1-26(17-22(27)25-20-15-9-10-16-21(20)29-2)24(28)23(18-11-5-3-6-12-18)30-19-13-7-4-8-14-19/h3-16,23H,17H2,1-2H3,(H,25,27). The molecule has 1 unspecified atom stereocenters. The minimum Gasteiger partial charge on any atom is -0.335 e. The molecule has 0 fully saturated rings. The summed E-state index contributed by atoms with van der Waals surface area (Å²) in [5.74, 6) is -0.327. The van der Waals surface area contributed by atoms with E-state index in [-0.39, 0.29) is 18.4 Å². The van der Waals surface area contributed by atoms with Crippen LogP contribution in [0.3, 0.4) is 0 Å². The Morgan fingerprint density at radius 1 is 0.900 bits per heavy atom. The minimum absolute atomic E-state index is 0.0137. The number of anilines is 1. The molecule has 6 heteroatoms. The van der Waals surface area contributed by atoms with Crippen LogP contribution in [0.1, 0.15) is 10.8 Å². The summed E-state index contributed by atoms with van der Waals surface area (Å²) in [6, 6.07) is 27.1. The van der Waals surface area contributed by atoms with Gasteiger partial charge in [0.1, 0.15) is 5.25 Å². The number of carbonyl (C=O) groups is 2. The van der Waals surface area contributed by atoms with Crippen molar-refractivity contribution in [1.29, 1.82) is 0 Å². The molecule has 0 saturated carbocycles. The third-order valence-electron chi connectivity index (χ3n) is 4.46. The third kappa shape index (κ3) is 5.90. The van der Waals surface area contributed by atoms with E-state index in [0.717, 1.165) is 21.0 Å². The van der Waals surface area contributed by atoms with Gasteiger partial charge in [-0.3, -0.25) is 9.59 Å². The third-order valence-corrected chi connectivity index (χ3v) is 6.51. The molecule has 0 heterocycles. The molecular weight excluding hydrogens is 412 g/mol. The second-order valence-corrected chi connectivity index (χ2v) is 8.69. The first-order chi connectivity index (χ1) is 14.6. The summed E-state index contributed by atoms with van der Waals surface area (Å²) < 4.78 is 0. The Morgan fingerprint density at radius 3 is 2.17 bits per heavy atom. The molecule has 3 rings (SSSR count). The van der Waals surface area contributed by atoms with Gasteiger partial charge in [-0.25, -0.2) is 0 Å². The van der Waals surface area contributed by atoms with Gasteiger partial charge in [0.25, 0.3) is 0 Å². The normalized spacial score (nSPS) is 11.5. The van der Waals surface area contributed by atoms with Crippen molar-refractivity contribution < 1.29 is 9.59 Å². The zero-order valence-electron chi connectivity index (χ0n) is 16.9. The summed E-state index contributed by atoms with van der Waals surface area (Å²) in [5, 5.41) is 2.49. The second kappa shape index (κ2) is 10.9. The zero-order valence-corrected chi connectivity index (χ0v) is 18.6. The van der Waals surface area contributed by atoms with E-state index >= 15 is 0 Å². The smallest absolute Gasteiger partial charge is 0.244 e. The molecule has 0 bridgehead atoms. The molecule has 154 valence electrons. The highest BCUT2D eigenvalue weighted by Crippen LogP contribution is 2.36. The largest absolute Gasteiger partial charge is 0.335 e. The molecule has 3 aromatic carbocycles. The molecule has 0 radical (unpaired) electrons. The first kappa shape index (κ1) is 22.0. The van der Waals surface area contributed by atoms with Gasteiger partial charge in [-0.1, -0.05) is 60.7 Å². The van der Waals surface area contributed by atoms with E-state index in [2.05, 4.69) is 5.32 Å². The van der Waals surface area contributed by atoms with Crippen molar-refractivity contribution >= 4 is 41.0 Å². The lowest BCUT2D eigenvalue weighted by Gasteiger charge is -2.24. The van der Waals surface area contributed by atoms with Crippen LogP contribution < -0.4 is 5.32 Å². The number of carbonyl (C=O) groups excluding carboxylic acids is 2. The number of hydrogen-bond donors (Lipinski definition) is 1. The first-order valence-electron chi connectivity index (χ1n) is 9.53. The van der Waals surface area contributed by atoms with Gasteiger partial charge >= 0.3 is 0 Å². The Balaban J connectivity index is 1.72. The molecule has 0 aliphatic rings. The SMILES string of the molecule is CSc1ccccc1NC(=O)CN(C)C(=O)C(Sc1ccccc1)c1ccccc1. The van der Waals surface area contributed by atoms with E-state index in [1.54, 1.807) is 18.8 Å². The van der Waals surface area contributed by atoms with Crippen LogP contribution in [0.25, 0.3) is 0 Å². The maximum absolute atomic E-state index is 13.3. The number of nitrogens with zero attached hydrogens (tertiary/aromatic N) is 1. The van der Waals surface area contributed by atoms with Crippen LogP contribution in [0.15, 0.2) is 94.7 Å². The van der Waals surface area contributed by atoms with Crippen molar-refractivity contribution in [3.63, 3.8) is 0 Å². The van der Waals surface area contributed by atoms with Crippen molar-refractivity contribution in [3.05, 3.63) is 90.5 Å². The lowest BCUT2D eigenvalue weighted by Crippen LogP contribution is -2.37. The maximum Gasteiger partial charge on any atom is 0.244 e. The quantitative estimate of drug-likeness (QED) is 0.484. The van der Waals surface area contributed by atoms with Gasteiger partial charge < -0.3 is 10.2 Å². The predicted molar refractivity (Wildman–Crippen MR) is 126 cm³/mol. The van der Waals surface area contributed by atoms with E-state index in [1.807, 2.05) is 91.2 Å². The molecular formula is C24H24N2O2S2. The lowest BCUT2D eigenvalue weighted by atomic mass is 10.1. The Bertz CT molecular complexity index is 981. The van der Waals surface area contributed by atoms with Crippen LogP contribution >= 0.6 is 23.5 Å². The van der Waals surface area contributed by atoms with Crippen LogP contribution in [0, 0.1) is 0 Å². The Morgan fingerprint density at radius 2 is 1.50 bits per heavy atom. The fourth-order valence-electron chi connectivity index (χ4n) is 2.96. The minimum atomic E-state index is -0.426. The topological polar surface area (TPSA) is 49.4 Å². The highest BCUT2D eigenvalue weighted by Gasteiger charge is 2.26. The van der Waals surface area contributed by atoms with E-state index in [0.29, 0.717) is 0 Å². The predicted octanol–water partition coefficient (Wildman–Crippen LogP) is 5.34. The fourth-order valence-corrected chi connectivity index (χ4v) is 4.67. The average Bonchev–Trinajstić information content (AvgIpc) is 2.78. The Kier molecular flexibility index (Phi) is 7.99. The van der Waals surface area contributed by atoms with Crippen LogP contribution in [0.5, 0.6) is 0 Å². The molecule has 30 heavy (non-hydrogen) atoms. The summed E-state index contributed by atoms with van der Waals surface area (Å²) >= 11 is 3.06. The number of thioether (sulfide) groups is 2. The van der Waals surface area contributed by atoms with Gasteiger partial charge in [0.15, 0.2) is 0 Å². The van der Waals surface area contributed by atoms with Crippen molar-refractivity contribution in [2.24, 2.45) is 0 Å². The van der Waals surface area contributed by atoms with Gasteiger partial charge in [0.05, 0.1) is 12.2 Å². The molecule has 3 aromatic rings. The number of likely N-dealkylation sites (N-methyl/N-ethyl adjacent to an activating group) is 1. The molecule has 1 atom stereocenters. The van der Waals surface area contributed by atoms with Crippen LogP contribution in [-0.4, -0.2) is 36.6 Å². The number of nitrogens with one attached hydrogen (secondary N) is 1. The number of rotatable bonds is 8.